The number of rotatable bonds is 4. The van der Waals surface area contributed by atoms with Crippen LogP contribution >= 0.6 is 0 Å². The van der Waals surface area contributed by atoms with Crippen LogP contribution in [0.2, 0.25) is 0 Å². The Labute approximate surface area is 124 Å². The summed E-state index contributed by atoms with van der Waals surface area (Å²) in [5.74, 6) is 0.871. The second kappa shape index (κ2) is 5.88. The monoisotopic (exact) mass is 277 g/mol. The molecule has 1 saturated carbocycles. The van der Waals surface area contributed by atoms with Crippen molar-refractivity contribution in [3.63, 3.8) is 0 Å². The molecule has 1 aromatic heterocycles. The molecule has 0 aromatic carbocycles. The lowest BCUT2D eigenvalue weighted by Gasteiger charge is -2.44. The summed E-state index contributed by atoms with van der Waals surface area (Å²) in [6, 6.07) is 2.17. The van der Waals surface area contributed by atoms with Crippen molar-refractivity contribution in [1.82, 2.24) is 15.1 Å². The Hall–Kier alpha value is -0.830. The molecule has 0 aliphatic heterocycles. The van der Waals surface area contributed by atoms with E-state index in [2.05, 4.69) is 50.5 Å². The summed E-state index contributed by atoms with van der Waals surface area (Å²) < 4.78 is 1.92. The molecule has 0 amide bonds. The molecule has 1 aromatic rings. The van der Waals surface area contributed by atoms with Gasteiger partial charge in [0.1, 0.15) is 0 Å². The van der Waals surface area contributed by atoms with Crippen LogP contribution in [0.5, 0.6) is 0 Å². The van der Waals surface area contributed by atoms with Crippen LogP contribution < -0.4 is 5.32 Å². The Morgan fingerprint density at radius 2 is 2.00 bits per heavy atom. The zero-order valence-electron chi connectivity index (χ0n) is 13.9. The van der Waals surface area contributed by atoms with E-state index in [1.165, 1.54) is 31.4 Å². The van der Waals surface area contributed by atoms with E-state index in [1.807, 2.05) is 11.7 Å². The molecular formula is C17H31N3. The zero-order chi connectivity index (χ0) is 14.8. The summed E-state index contributed by atoms with van der Waals surface area (Å²) in [5, 5.41) is 8.01. The summed E-state index contributed by atoms with van der Waals surface area (Å²) in [5.41, 5.74) is 2.11. The van der Waals surface area contributed by atoms with Gasteiger partial charge < -0.3 is 5.32 Å². The Morgan fingerprint density at radius 1 is 1.35 bits per heavy atom. The average molecular weight is 277 g/mol. The highest BCUT2D eigenvalue weighted by Gasteiger charge is 2.38. The van der Waals surface area contributed by atoms with Gasteiger partial charge in [-0.05, 0) is 62.0 Å². The summed E-state index contributed by atoms with van der Waals surface area (Å²) in [4.78, 5) is 0. The van der Waals surface area contributed by atoms with E-state index >= 15 is 0 Å². The van der Waals surface area contributed by atoms with E-state index in [-0.39, 0.29) is 0 Å². The second-order valence-electron chi connectivity index (χ2n) is 7.83. The average Bonchev–Trinajstić information content (AvgIpc) is 2.74. The number of hydrogen-bond donors (Lipinski definition) is 1. The van der Waals surface area contributed by atoms with Crippen LogP contribution in [0.15, 0.2) is 12.3 Å². The van der Waals surface area contributed by atoms with Gasteiger partial charge in [-0.15, -0.1) is 0 Å². The maximum Gasteiger partial charge on any atom is 0.0630 e. The number of aromatic nitrogens is 2. The van der Waals surface area contributed by atoms with Crippen LogP contribution in [-0.2, 0) is 13.5 Å². The van der Waals surface area contributed by atoms with Gasteiger partial charge in [-0.25, -0.2) is 0 Å². The van der Waals surface area contributed by atoms with E-state index in [0.29, 0.717) is 10.8 Å². The molecule has 3 heteroatoms. The fourth-order valence-electron chi connectivity index (χ4n) is 3.83. The van der Waals surface area contributed by atoms with Crippen LogP contribution in [0.3, 0.4) is 0 Å². The van der Waals surface area contributed by atoms with E-state index in [0.717, 1.165) is 18.9 Å². The number of nitrogens with one attached hydrogen (secondary N) is 1. The second-order valence-corrected chi connectivity index (χ2v) is 7.83. The molecule has 2 rings (SSSR count). The van der Waals surface area contributed by atoms with Crippen molar-refractivity contribution >= 4 is 0 Å². The summed E-state index contributed by atoms with van der Waals surface area (Å²) in [6.45, 7) is 8.28. The first-order chi connectivity index (χ1) is 9.35. The van der Waals surface area contributed by atoms with Gasteiger partial charge in [-0.2, -0.15) is 5.10 Å². The number of nitrogens with zero attached hydrogens (tertiary/aromatic N) is 2. The topological polar surface area (TPSA) is 29.9 Å². The smallest absolute Gasteiger partial charge is 0.0630 e. The van der Waals surface area contributed by atoms with Crippen molar-refractivity contribution in [3.05, 3.63) is 18.0 Å². The fraction of sp³-hybridized carbons (Fsp3) is 0.824. The first-order valence-corrected chi connectivity index (χ1v) is 7.98. The van der Waals surface area contributed by atoms with E-state index in [1.54, 1.807) is 0 Å². The number of hydrogen-bond acceptors (Lipinski definition) is 2. The molecule has 0 radical (unpaired) electrons. The Balaban J connectivity index is 2.05. The van der Waals surface area contributed by atoms with Crippen molar-refractivity contribution < 1.29 is 0 Å². The standard InChI is InChI=1S/C17H31N3/c1-16(2,3)14-6-9-17(10-7-14,13-18-4)12-15-8-11-20(5)19-15/h8,11,14,18H,6-7,9-10,12-13H2,1-5H3. The molecule has 0 saturated heterocycles. The van der Waals surface area contributed by atoms with Crippen molar-refractivity contribution in [1.29, 1.82) is 0 Å². The van der Waals surface area contributed by atoms with Gasteiger partial charge in [-0.1, -0.05) is 20.8 Å². The molecule has 3 nitrogen and oxygen atoms in total. The summed E-state index contributed by atoms with van der Waals surface area (Å²) in [6.07, 6.45) is 8.55. The van der Waals surface area contributed by atoms with Gasteiger partial charge in [0, 0.05) is 19.8 Å². The minimum Gasteiger partial charge on any atom is -0.319 e. The van der Waals surface area contributed by atoms with Crippen molar-refractivity contribution in [2.45, 2.75) is 52.9 Å². The van der Waals surface area contributed by atoms with Gasteiger partial charge in [0.25, 0.3) is 0 Å². The van der Waals surface area contributed by atoms with Crippen molar-refractivity contribution in [2.75, 3.05) is 13.6 Å². The molecule has 0 spiro atoms. The molecule has 0 atom stereocenters. The summed E-state index contributed by atoms with van der Waals surface area (Å²) >= 11 is 0. The SMILES string of the molecule is CNCC1(Cc2ccn(C)n2)CCC(C(C)(C)C)CC1. The molecule has 1 aliphatic rings. The Bertz CT molecular complexity index is 420. The van der Waals surface area contributed by atoms with Gasteiger partial charge in [0.2, 0.25) is 0 Å². The van der Waals surface area contributed by atoms with Gasteiger partial charge in [0.05, 0.1) is 5.69 Å². The predicted molar refractivity (Wildman–Crippen MR) is 84.7 cm³/mol. The van der Waals surface area contributed by atoms with Crippen LogP contribution in [0.1, 0.15) is 52.1 Å². The third-order valence-corrected chi connectivity index (χ3v) is 5.15. The normalized spacial score (nSPS) is 27.8. The predicted octanol–water partition coefficient (Wildman–Crippen LogP) is 3.40. The van der Waals surface area contributed by atoms with Gasteiger partial charge >= 0.3 is 0 Å². The van der Waals surface area contributed by atoms with Crippen LogP contribution in [0, 0.1) is 16.7 Å². The quantitative estimate of drug-likeness (QED) is 0.914. The zero-order valence-corrected chi connectivity index (χ0v) is 13.9. The maximum atomic E-state index is 4.59. The van der Waals surface area contributed by atoms with Crippen LogP contribution in [0.4, 0.5) is 0 Å². The highest BCUT2D eigenvalue weighted by molar-refractivity contribution is 5.05. The van der Waals surface area contributed by atoms with Crippen LogP contribution in [-0.4, -0.2) is 23.4 Å². The first-order valence-electron chi connectivity index (χ1n) is 7.98. The molecular weight excluding hydrogens is 246 g/mol. The van der Waals surface area contributed by atoms with Gasteiger partial charge in [-0.3, -0.25) is 4.68 Å². The summed E-state index contributed by atoms with van der Waals surface area (Å²) in [7, 11) is 4.08. The lowest BCUT2D eigenvalue weighted by Crippen LogP contribution is -2.40. The minimum absolute atomic E-state index is 0.408. The lowest BCUT2D eigenvalue weighted by molar-refractivity contribution is 0.0869. The van der Waals surface area contributed by atoms with E-state index in [4.69, 9.17) is 0 Å². The highest BCUT2D eigenvalue weighted by Crippen LogP contribution is 2.46. The maximum absolute atomic E-state index is 4.59. The fourth-order valence-corrected chi connectivity index (χ4v) is 3.83. The van der Waals surface area contributed by atoms with Crippen LogP contribution in [0.25, 0.3) is 0 Å². The van der Waals surface area contributed by atoms with Crippen molar-refractivity contribution in [2.24, 2.45) is 23.8 Å². The molecule has 1 heterocycles. The van der Waals surface area contributed by atoms with E-state index in [9.17, 15) is 0 Å². The molecule has 1 N–H and O–H groups in total. The third-order valence-electron chi connectivity index (χ3n) is 5.15. The first kappa shape index (κ1) is 15.6. The molecule has 0 unspecified atom stereocenters. The van der Waals surface area contributed by atoms with Gasteiger partial charge in [0.15, 0.2) is 0 Å². The number of aryl methyl sites for hydroxylation is 1. The molecule has 20 heavy (non-hydrogen) atoms. The lowest BCUT2D eigenvalue weighted by atomic mass is 9.62. The van der Waals surface area contributed by atoms with E-state index < -0.39 is 0 Å². The molecule has 1 fully saturated rings. The minimum atomic E-state index is 0.408. The Kier molecular flexibility index (Phi) is 4.58. The highest BCUT2D eigenvalue weighted by atomic mass is 15.2. The molecule has 0 bridgehead atoms. The largest absolute Gasteiger partial charge is 0.319 e. The Morgan fingerprint density at radius 3 is 2.45 bits per heavy atom. The van der Waals surface area contributed by atoms with Crippen molar-refractivity contribution in [3.8, 4) is 0 Å². The third kappa shape index (κ3) is 3.63. The molecule has 114 valence electrons. The molecule has 1 aliphatic carbocycles.